The molecule has 0 radical (unpaired) electrons. The van der Waals surface area contributed by atoms with E-state index in [1.54, 1.807) is 13.8 Å². The molecule has 0 rings (SSSR count). The van der Waals surface area contributed by atoms with Gasteiger partial charge in [-0.2, -0.15) is 8.42 Å². The molecule has 0 spiro atoms. The molecule has 14 heavy (non-hydrogen) atoms. The van der Waals surface area contributed by atoms with Crippen LogP contribution in [0.2, 0.25) is 0 Å². The maximum Gasteiger partial charge on any atom is 0.334 e. The standard InChI is InChI=1S/C8H14O5S/c1-4-6(2)7(8(9)13-3)5-14(10,11)12/h4-5H2,1-3H3,(H,10,11,12). The zero-order valence-corrected chi connectivity index (χ0v) is 9.22. The van der Waals surface area contributed by atoms with Crippen molar-refractivity contribution in [3.8, 4) is 0 Å². The van der Waals surface area contributed by atoms with Crippen molar-refractivity contribution in [2.45, 2.75) is 20.3 Å². The minimum Gasteiger partial charge on any atom is -0.466 e. The maximum atomic E-state index is 11.1. The van der Waals surface area contributed by atoms with E-state index in [0.717, 1.165) is 7.11 Å². The van der Waals surface area contributed by atoms with Crippen LogP contribution in [0.15, 0.2) is 11.1 Å². The van der Waals surface area contributed by atoms with Gasteiger partial charge in [-0.05, 0) is 13.3 Å². The molecule has 0 aromatic heterocycles. The van der Waals surface area contributed by atoms with Crippen LogP contribution in [0.4, 0.5) is 0 Å². The molecule has 5 nitrogen and oxygen atoms in total. The van der Waals surface area contributed by atoms with E-state index in [1.807, 2.05) is 0 Å². The number of allylic oxidation sites excluding steroid dienone is 1. The minimum absolute atomic E-state index is 0.00231. The summed E-state index contributed by atoms with van der Waals surface area (Å²) in [6.45, 7) is 3.40. The molecular formula is C8H14O5S. The van der Waals surface area contributed by atoms with Gasteiger partial charge in [-0.15, -0.1) is 0 Å². The van der Waals surface area contributed by atoms with Crippen molar-refractivity contribution in [1.82, 2.24) is 0 Å². The topological polar surface area (TPSA) is 80.7 Å². The van der Waals surface area contributed by atoms with Crippen molar-refractivity contribution < 1.29 is 22.5 Å². The van der Waals surface area contributed by atoms with Gasteiger partial charge in [0.15, 0.2) is 0 Å². The maximum absolute atomic E-state index is 11.1. The van der Waals surface area contributed by atoms with Crippen molar-refractivity contribution in [1.29, 1.82) is 0 Å². The monoisotopic (exact) mass is 222 g/mol. The van der Waals surface area contributed by atoms with Crippen LogP contribution in [0.3, 0.4) is 0 Å². The molecule has 1 N–H and O–H groups in total. The molecule has 0 aromatic rings. The number of hydrogen-bond donors (Lipinski definition) is 1. The van der Waals surface area contributed by atoms with Crippen LogP contribution < -0.4 is 0 Å². The third-order valence-corrected chi connectivity index (χ3v) is 2.46. The first-order valence-electron chi connectivity index (χ1n) is 4.04. The second-order valence-electron chi connectivity index (χ2n) is 2.83. The molecule has 0 fully saturated rings. The van der Waals surface area contributed by atoms with Crippen molar-refractivity contribution in [2.75, 3.05) is 12.9 Å². The third-order valence-electron chi connectivity index (χ3n) is 1.80. The van der Waals surface area contributed by atoms with Gasteiger partial charge in [0, 0.05) is 0 Å². The molecule has 0 aliphatic rings. The predicted molar refractivity (Wildman–Crippen MR) is 51.4 cm³/mol. The molecule has 6 heteroatoms. The average Bonchev–Trinajstić information content (AvgIpc) is 2.10. The molecule has 0 bridgehead atoms. The fourth-order valence-corrected chi connectivity index (χ4v) is 1.60. The highest BCUT2D eigenvalue weighted by molar-refractivity contribution is 7.86. The molecule has 0 aliphatic carbocycles. The highest BCUT2D eigenvalue weighted by Gasteiger charge is 2.19. The number of rotatable bonds is 4. The summed E-state index contributed by atoms with van der Waals surface area (Å²) in [7, 11) is -3.03. The molecule has 0 saturated carbocycles. The van der Waals surface area contributed by atoms with Gasteiger partial charge in [0.05, 0.1) is 12.7 Å². The second-order valence-corrected chi connectivity index (χ2v) is 4.28. The summed E-state index contributed by atoms with van der Waals surface area (Å²) in [5.41, 5.74) is 0.590. The predicted octanol–water partition coefficient (Wildman–Crippen LogP) is 0.774. The first-order chi connectivity index (χ1) is 6.31. The summed E-state index contributed by atoms with van der Waals surface area (Å²) in [4.78, 5) is 11.1. The first kappa shape index (κ1) is 13.1. The van der Waals surface area contributed by atoms with Crippen LogP contribution in [0, 0.1) is 0 Å². The highest BCUT2D eigenvalue weighted by atomic mass is 32.2. The molecule has 0 aromatic carbocycles. The molecular weight excluding hydrogens is 208 g/mol. The summed E-state index contributed by atoms with van der Waals surface area (Å²) in [6.07, 6.45) is 0.528. The van der Waals surface area contributed by atoms with Gasteiger partial charge in [0.2, 0.25) is 0 Å². The SMILES string of the molecule is CCC(C)=C(CS(=O)(=O)O)C(=O)OC. The second kappa shape index (κ2) is 5.11. The number of ether oxygens (including phenoxy) is 1. The van der Waals surface area contributed by atoms with E-state index >= 15 is 0 Å². The normalized spacial score (nSPS) is 13.4. The van der Waals surface area contributed by atoms with E-state index in [-0.39, 0.29) is 5.57 Å². The van der Waals surface area contributed by atoms with E-state index in [0.29, 0.717) is 12.0 Å². The number of carbonyl (C=O) groups excluding carboxylic acids is 1. The Balaban J connectivity index is 5.05. The Morgan fingerprint density at radius 2 is 1.93 bits per heavy atom. The number of carbonyl (C=O) groups is 1. The zero-order valence-electron chi connectivity index (χ0n) is 8.40. The van der Waals surface area contributed by atoms with Crippen molar-refractivity contribution >= 4 is 16.1 Å². The van der Waals surface area contributed by atoms with Crippen LogP contribution in [0.25, 0.3) is 0 Å². The lowest BCUT2D eigenvalue weighted by molar-refractivity contribution is -0.136. The summed E-state index contributed by atoms with van der Waals surface area (Å²) < 4.78 is 34.2. The minimum atomic E-state index is -4.19. The van der Waals surface area contributed by atoms with Crippen LogP contribution in [0.5, 0.6) is 0 Å². The Hall–Kier alpha value is -0.880. The lowest BCUT2D eigenvalue weighted by Crippen LogP contribution is -2.16. The summed E-state index contributed by atoms with van der Waals surface area (Å²) in [5, 5.41) is 0. The van der Waals surface area contributed by atoms with E-state index in [9.17, 15) is 13.2 Å². The van der Waals surface area contributed by atoms with Crippen LogP contribution in [0.1, 0.15) is 20.3 Å². The Bertz CT molecular complexity index is 339. The van der Waals surface area contributed by atoms with Gasteiger partial charge < -0.3 is 4.74 Å². The smallest absolute Gasteiger partial charge is 0.334 e. The van der Waals surface area contributed by atoms with Gasteiger partial charge in [0.25, 0.3) is 10.1 Å². The highest BCUT2D eigenvalue weighted by Crippen LogP contribution is 2.11. The molecule has 0 heterocycles. The van der Waals surface area contributed by atoms with Crippen molar-refractivity contribution in [3.63, 3.8) is 0 Å². The van der Waals surface area contributed by atoms with E-state index < -0.39 is 21.8 Å². The molecule has 0 aliphatic heterocycles. The van der Waals surface area contributed by atoms with Crippen LogP contribution >= 0.6 is 0 Å². The number of hydrogen-bond acceptors (Lipinski definition) is 4. The van der Waals surface area contributed by atoms with E-state index in [1.165, 1.54) is 0 Å². The van der Waals surface area contributed by atoms with Gasteiger partial charge in [0.1, 0.15) is 5.75 Å². The average molecular weight is 222 g/mol. The van der Waals surface area contributed by atoms with E-state index in [4.69, 9.17) is 4.55 Å². The zero-order chi connectivity index (χ0) is 11.4. The molecule has 0 unspecified atom stereocenters. The Kier molecular flexibility index (Phi) is 4.79. The number of esters is 1. The van der Waals surface area contributed by atoms with E-state index in [2.05, 4.69) is 4.74 Å². The number of methoxy groups -OCH3 is 1. The lowest BCUT2D eigenvalue weighted by Gasteiger charge is -2.06. The van der Waals surface area contributed by atoms with Crippen LogP contribution in [-0.2, 0) is 19.6 Å². The lowest BCUT2D eigenvalue weighted by atomic mass is 10.1. The Morgan fingerprint density at radius 3 is 2.21 bits per heavy atom. The van der Waals surface area contributed by atoms with Crippen molar-refractivity contribution in [2.24, 2.45) is 0 Å². The summed E-state index contributed by atoms with van der Waals surface area (Å²) in [5.74, 6) is -1.42. The third kappa shape index (κ3) is 4.38. The molecule has 82 valence electrons. The Labute approximate surface area is 83.5 Å². The summed E-state index contributed by atoms with van der Waals surface area (Å²) >= 11 is 0. The van der Waals surface area contributed by atoms with Gasteiger partial charge in [-0.25, -0.2) is 4.79 Å². The van der Waals surface area contributed by atoms with Gasteiger partial charge in [-0.1, -0.05) is 12.5 Å². The fourth-order valence-electron chi connectivity index (χ4n) is 0.875. The molecule has 0 amide bonds. The largest absolute Gasteiger partial charge is 0.466 e. The Morgan fingerprint density at radius 1 is 1.43 bits per heavy atom. The quantitative estimate of drug-likeness (QED) is 0.432. The van der Waals surface area contributed by atoms with Crippen LogP contribution in [-0.4, -0.2) is 31.8 Å². The molecule has 0 saturated heterocycles. The van der Waals surface area contributed by atoms with Gasteiger partial charge >= 0.3 is 5.97 Å². The fraction of sp³-hybridized carbons (Fsp3) is 0.625. The molecule has 0 atom stereocenters. The summed E-state index contributed by atoms with van der Waals surface area (Å²) in [6, 6.07) is 0. The van der Waals surface area contributed by atoms with Crippen molar-refractivity contribution in [3.05, 3.63) is 11.1 Å². The van der Waals surface area contributed by atoms with Gasteiger partial charge in [-0.3, -0.25) is 4.55 Å². The first-order valence-corrected chi connectivity index (χ1v) is 5.64.